The van der Waals surface area contributed by atoms with E-state index in [4.69, 9.17) is 0 Å². The second kappa shape index (κ2) is 13.5. The largest absolute Gasteiger partial charge is 0.345 e. The van der Waals surface area contributed by atoms with Gasteiger partial charge < -0.3 is 10.6 Å². The van der Waals surface area contributed by atoms with E-state index in [0.29, 0.717) is 32.2 Å². The third kappa shape index (κ3) is 8.55. The second-order valence-corrected chi connectivity index (χ2v) is 9.97. The van der Waals surface area contributed by atoms with E-state index in [1.165, 1.54) is 4.90 Å². The van der Waals surface area contributed by atoms with Crippen LogP contribution in [0.1, 0.15) is 87.0 Å². The summed E-state index contributed by atoms with van der Waals surface area (Å²) in [6.07, 6.45) is 3.39. The number of nitrogens with zero attached hydrogens (tertiary/aromatic N) is 1. The zero-order valence-electron chi connectivity index (χ0n) is 21.4. The fourth-order valence-corrected chi connectivity index (χ4v) is 4.06. The number of hydrogen-bond acceptors (Lipinski definition) is 5. The fraction of sp³-hybridized carbons (Fsp3) is 0.800. The number of likely N-dealkylation sites (tertiary alicyclic amines) is 1. The topological polar surface area (TPSA) is 113 Å². The van der Waals surface area contributed by atoms with Crippen molar-refractivity contribution in [3.05, 3.63) is 0 Å². The number of Topliss-reactive ketones (excluding diaryl/α,β-unsaturated/α-hetero) is 1. The van der Waals surface area contributed by atoms with Gasteiger partial charge >= 0.3 is 0 Å². The van der Waals surface area contributed by atoms with Gasteiger partial charge in [-0.25, -0.2) is 0 Å². The molecule has 2 N–H and O–H groups in total. The van der Waals surface area contributed by atoms with Gasteiger partial charge in [0.25, 0.3) is 0 Å². The van der Waals surface area contributed by atoms with Crippen LogP contribution in [0.25, 0.3) is 0 Å². The van der Waals surface area contributed by atoms with Gasteiger partial charge in [-0.2, -0.15) is 0 Å². The van der Waals surface area contributed by atoms with Crippen molar-refractivity contribution in [2.24, 2.45) is 23.7 Å². The zero-order valence-corrected chi connectivity index (χ0v) is 21.4. The quantitative estimate of drug-likeness (QED) is 0.303. The van der Waals surface area contributed by atoms with Crippen LogP contribution in [0.2, 0.25) is 0 Å². The maximum absolute atomic E-state index is 12.6. The van der Waals surface area contributed by atoms with Crippen molar-refractivity contribution < 1.29 is 24.0 Å². The molecule has 1 saturated heterocycles. The molecule has 1 rings (SSSR count). The normalized spacial score (nSPS) is 19.1. The standard InChI is InChI=1S/C25H43N3O5/c1-8-17(6)19-14-21(30)28(25(19)33)13-11-9-10-12-20(29)27-22(15(2)3)24(32)26-18(7)23(31)16(4)5/h15-19,22H,8-14H2,1-7H3,(H,26,32)(H,27,29)/t17?,18-,19?,22-/m0/s1. The van der Waals surface area contributed by atoms with E-state index in [2.05, 4.69) is 10.6 Å². The van der Waals surface area contributed by atoms with Crippen molar-refractivity contribution in [1.82, 2.24) is 15.5 Å². The predicted molar refractivity (Wildman–Crippen MR) is 127 cm³/mol. The maximum atomic E-state index is 12.6. The molecular weight excluding hydrogens is 422 g/mol. The fourth-order valence-electron chi connectivity index (χ4n) is 4.06. The van der Waals surface area contributed by atoms with Crippen LogP contribution in [-0.4, -0.2) is 52.9 Å². The van der Waals surface area contributed by atoms with E-state index in [1.54, 1.807) is 20.8 Å². The van der Waals surface area contributed by atoms with Crippen molar-refractivity contribution >= 4 is 29.4 Å². The van der Waals surface area contributed by atoms with Gasteiger partial charge in [-0.3, -0.25) is 28.9 Å². The molecule has 33 heavy (non-hydrogen) atoms. The Hall–Kier alpha value is -2.25. The maximum Gasteiger partial charge on any atom is 0.243 e. The average Bonchev–Trinajstić information content (AvgIpc) is 3.03. The monoisotopic (exact) mass is 465 g/mol. The van der Waals surface area contributed by atoms with Gasteiger partial charge in [-0.1, -0.05) is 54.4 Å². The van der Waals surface area contributed by atoms with E-state index in [-0.39, 0.29) is 59.5 Å². The molecule has 0 aromatic carbocycles. The Labute approximate surface area is 198 Å². The van der Waals surface area contributed by atoms with Crippen LogP contribution in [0, 0.1) is 23.7 Å². The Bertz CT molecular complexity index is 719. The molecule has 2 unspecified atom stereocenters. The Morgan fingerprint density at radius 2 is 1.61 bits per heavy atom. The second-order valence-electron chi connectivity index (χ2n) is 9.97. The predicted octanol–water partition coefficient (Wildman–Crippen LogP) is 2.84. The van der Waals surface area contributed by atoms with Gasteiger partial charge in [-0.05, 0) is 31.6 Å². The molecule has 0 aliphatic carbocycles. The molecule has 0 spiro atoms. The summed E-state index contributed by atoms with van der Waals surface area (Å²) in [5.74, 6) is -1.11. The van der Waals surface area contributed by atoms with Crippen LogP contribution < -0.4 is 10.6 Å². The van der Waals surface area contributed by atoms with Crippen LogP contribution in [0.15, 0.2) is 0 Å². The molecule has 1 aliphatic rings. The van der Waals surface area contributed by atoms with E-state index >= 15 is 0 Å². The van der Waals surface area contributed by atoms with E-state index in [9.17, 15) is 24.0 Å². The van der Waals surface area contributed by atoms with Gasteiger partial charge in [0.15, 0.2) is 5.78 Å². The molecule has 188 valence electrons. The first kappa shape index (κ1) is 28.8. The number of imide groups is 1. The Kier molecular flexibility index (Phi) is 11.7. The van der Waals surface area contributed by atoms with Crippen molar-refractivity contribution in [3.63, 3.8) is 0 Å². The van der Waals surface area contributed by atoms with Crippen molar-refractivity contribution in [3.8, 4) is 0 Å². The third-order valence-electron chi connectivity index (χ3n) is 6.52. The van der Waals surface area contributed by atoms with Crippen LogP contribution >= 0.6 is 0 Å². The highest BCUT2D eigenvalue weighted by Gasteiger charge is 2.40. The van der Waals surface area contributed by atoms with Crippen LogP contribution in [0.4, 0.5) is 0 Å². The van der Waals surface area contributed by atoms with Crippen LogP contribution in [0.3, 0.4) is 0 Å². The minimum atomic E-state index is -0.711. The summed E-state index contributed by atoms with van der Waals surface area (Å²) in [6.45, 7) is 13.3. The van der Waals surface area contributed by atoms with Crippen molar-refractivity contribution in [2.45, 2.75) is 99.1 Å². The summed E-state index contributed by atoms with van der Waals surface area (Å²) in [7, 11) is 0. The van der Waals surface area contributed by atoms with E-state index in [1.807, 2.05) is 27.7 Å². The van der Waals surface area contributed by atoms with E-state index in [0.717, 1.165) is 6.42 Å². The minimum Gasteiger partial charge on any atom is -0.345 e. The number of unbranched alkanes of at least 4 members (excludes halogenated alkanes) is 2. The molecule has 1 aliphatic heterocycles. The molecule has 8 nitrogen and oxygen atoms in total. The molecule has 0 aromatic heterocycles. The van der Waals surface area contributed by atoms with Crippen molar-refractivity contribution in [1.29, 1.82) is 0 Å². The van der Waals surface area contributed by atoms with E-state index < -0.39 is 12.1 Å². The lowest BCUT2D eigenvalue weighted by atomic mass is 9.90. The average molecular weight is 466 g/mol. The van der Waals surface area contributed by atoms with Gasteiger partial charge in [0, 0.05) is 31.2 Å². The first-order chi connectivity index (χ1) is 15.4. The van der Waals surface area contributed by atoms with Gasteiger partial charge in [-0.15, -0.1) is 0 Å². The Morgan fingerprint density at radius 1 is 0.970 bits per heavy atom. The number of ketones is 1. The lowest BCUT2D eigenvalue weighted by molar-refractivity contribution is -0.140. The molecule has 1 heterocycles. The molecule has 0 radical (unpaired) electrons. The Morgan fingerprint density at radius 3 is 2.15 bits per heavy atom. The van der Waals surface area contributed by atoms with Crippen LogP contribution in [0.5, 0.6) is 0 Å². The first-order valence-corrected chi connectivity index (χ1v) is 12.4. The molecule has 4 amide bonds. The summed E-state index contributed by atoms with van der Waals surface area (Å²) in [6, 6.07) is -1.32. The third-order valence-corrected chi connectivity index (χ3v) is 6.52. The molecular formula is C25H43N3O5. The highest BCUT2D eigenvalue weighted by Crippen LogP contribution is 2.28. The summed E-state index contributed by atoms with van der Waals surface area (Å²) < 4.78 is 0. The van der Waals surface area contributed by atoms with Gasteiger partial charge in [0.2, 0.25) is 23.6 Å². The van der Waals surface area contributed by atoms with Crippen molar-refractivity contribution in [2.75, 3.05) is 6.54 Å². The number of amides is 4. The van der Waals surface area contributed by atoms with Gasteiger partial charge in [0.1, 0.15) is 6.04 Å². The Balaban J connectivity index is 2.42. The zero-order chi connectivity index (χ0) is 25.3. The summed E-state index contributed by atoms with van der Waals surface area (Å²) in [5.41, 5.74) is 0. The SMILES string of the molecule is CCC(C)C1CC(=O)N(CCCCCC(=O)N[C@H](C(=O)N[C@@H](C)C(=O)C(C)C)C(C)C)C1=O. The van der Waals surface area contributed by atoms with Crippen LogP contribution in [-0.2, 0) is 24.0 Å². The summed E-state index contributed by atoms with van der Waals surface area (Å²) in [5, 5.41) is 5.49. The summed E-state index contributed by atoms with van der Waals surface area (Å²) >= 11 is 0. The highest BCUT2D eigenvalue weighted by molar-refractivity contribution is 6.03. The molecule has 4 atom stereocenters. The molecule has 0 saturated carbocycles. The number of nitrogens with one attached hydrogen (secondary N) is 2. The summed E-state index contributed by atoms with van der Waals surface area (Å²) in [4.78, 5) is 63.0. The minimum absolute atomic E-state index is 0.0531. The van der Waals surface area contributed by atoms with Gasteiger partial charge in [0.05, 0.1) is 6.04 Å². The number of carbonyl (C=O) groups is 5. The lowest BCUT2D eigenvalue weighted by Crippen LogP contribution is -2.53. The number of hydrogen-bond donors (Lipinski definition) is 2. The smallest absolute Gasteiger partial charge is 0.243 e. The molecule has 0 bridgehead atoms. The molecule has 1 fully saturated rings. The first-order valence-electron chi connectivity index (χ1n) is 12.4. The molecule has 0 aromatic rings. The molecule has 8 heteroatoms. The highest BCUT2D eigenvalue weighted by atomic mass is 16.2. The lowest BCUT2D eigenvalue weighted by Gasteiger charge is -2.24. The number of carbonyl (C=O) groups excluding carboxylic acids is 5. The number of rotatable bonds is 14.